The van der Waals surface area contributed by atoms with Crippen molar-refractivity contribution in [2.24, 2.45) is 5.92 Å². The largest absolute Gasteiger partial charge is 0.396 e. The van der Waals surface area contributed by atoms with Gasteiger partial charge in [0.1, 0.15) is 0 Å². The van der Waals surface area contributed by atoms with E-state index in [0.29, 0.717) is 18.6 Å². The van der Waals surface area contributed by atoms with Gasteiger partial charge < -0.3 is 15.2 Å². The molecule has 0 aliphatic rings. The monoisotopic (exact) mass is 203 g/mol. The number of hydrogen-bond donors (Lipinski definition) is 2. The summed E-state index contributed by atoms with van der Waals surface area (Å²) >= 11 is 0. The topological polar surface area (TPSA) is 41.5 Å². The fourth-order valence-corrected chi connectivity index (χ4v) is 1.46. The van der Waals surface area contributed by atoms with Crippen molar-refractivity contribution in [3.8, 4) is 0 Å². The van der Waals surface area contributed by atoms with Crippen molar-refractivity contribution in [1.82, 2.24) is 5.32 Å². The summed E-state index contributed by atoms with van der Waals surface area (Å²) < 4.78 is 5.10. The second-order valence-corrected chi connectivity index (χ2v) is 4.01. The molecule has 0 bridgehead atoms. The maximum Gasteiger partial charge on any atom is 0.0616 e. The second-order valence-electron chi connectivity index (χ2n) is 4.01. The Morgan fingerprint density at radius 2 is 2.00 bits per heavy atom. The summed E-state index contributed by atoms with van der Waals surface area (Å²) in [5.41, 5.74) is 0. The Morgan fingerprint density at radius 1 is 1.36 bits per heavy atom. The fraction of sp³-hybridized carbons (Fsp3) is 1.00. The summed E-state index contributed by atoms with van der Waals surface area (Å²) in [6.07, 6.45) is 1.93. The molecule has 0 aliphatic carbocycles. The Morgan fingerprint density at radius 3 is 2.43 bits per heavy atom. The summed E-state index contributed by atoms with van der Waals surface area (Å²) in [6, 6.07) is 0.751. The molecule has 0 fully saturated rings. The van der Waals surface area contributed by atoms with Crippen LogP contribution in [0.15, 0.2) is 0 Å². The lowest BCUT2D eigenvalue weighted by Crippen LogP contribution is -2.43. The van der Waals surface area contributed by atoms with E-state index in [4.69, 9.17) is 9.84 Å². The van der Waals surface area contributed by atoms with E-state index in [-0.39, 0.29) is 12.6 Å². The van der Waals surface area contributed by atoms with Gasteiger partial charge in [0.2, 0.25) is 0 Å². The third kappa shape index (κ3) is 5.58. The Kier molecular flexibility index (Phi) is 8.14. The molecule has 0 heterocycles. The standard InChI is InChI=1S/C11H25NO2/c1-5-9(2)10(3)12-11(6-7-13)8-14-4/h9-13H,5-8H2,1-4H3. The van der Waals surface area contributed by atoms with Crippen LogP contribution in [0.5, 0.6) is 0 Å². The van der Waals surface area contributed by atoms with Gasteiger partial charge in [0, 0.05) is 25.8 Å². The molecule has 0 aliphatic heterocycles. The molecule has 3 unspecified atom stereocenters. The molecule has 0 amide bonds. The van der Waals surface area contributed by atoms with Crippen LogP contribution in [0.1, 0.15) is 33.6 Å². The Balaban J connectivity index is 3.87. The minimum Gasteiger partial charge on any atom is -0.396 e. The smallest absolute Gasteiger partial charge is 0.0616 e. The SMILES string of the molecule is CCC(C)C(C)NC(CCO)COC. The van der Waals surface area contributed by atoms with Gasteiger partial charge in [0.25, 0.3) is 0 Å². The molecule has 86 valence electrons. The minimum absolute atomic E-state index is 0.217. The molecule has 0 aromatic heterocycles. The molecular formula is C11H25NO2. The Bertz CT molecular complexity index is 124. The van der Waals surface area contributed by atoms with Crippen molar-refractivity contribution in [1.29, 1.82) is 0 Å². The van der Waals surface area contributed by atoms with Gasteiger partial charge in [-0.25, -0.2) is 0 Å². The molecule has 2 N–H and O–H groups in total. The van der Waals surface area contributed by atoms with Gasteiger partial charge in [-0.3, -0.25) is 0 Å². The number of aliphatic hydroxyl groups is 1. The molecule has 0 saturated carbocycles. The van der Waals surface area contributed by atoms with E-state index in [0.717, 1.165) is 6.42 Å². The predicted molar refractivity (Wildman–Crippen MR) is 59.4 cm³/mol. The van der Waals surface area contributed by atoms with E-state index in [2.05, 4.69) is 26.1 Å². The highest BCUT2D eigenvalue weighted by atomic mass is 16.5. The first-order valence-electron chi connectivity index (χ1n) is 5.51. The Labute approximate surface area is 87.8 Å². The van der Waals surface area contributed by atoms with E-state index in [1.807, 2.05) is 0 Å². The molecule has 0 rings (SSSR count). The average molecular weight is 203 g/mol. The third-order valence-electron chi connectivity index (χ3n) is 2.84. The van der Waals surface area contributed by atoms with Gasteiger partial charge in [-0.1, -0.05) is 20.3 Å². The normalized spacial score (nSPS) is 17.8. The first-order valence-corrected chi connectivity index (χ1v) is 5.51. The fourth-order valence-electron chi connectivity index (χ4n) is 1.46. The van der Waals surface area contributed by atoms with Crippen molar-refractivity contribution < 1.29 is 9.84 Å². The molecule has 0 aromatic carbocycles. The number of aliphatic hydroxyl groups excluding tert-OH is 1. The van der Waals surface area contributed by atoms with Crippen LogP contribution >= 0.6 is 0 Å². The van der Waals surface area contributed by atoms with Crippen LogP contribution in [-0.4, -0.2) is 37.5 Å². The molecule has 0 radical (unpaired) electrons. The van der Waals surface area contributed by atoms with E-state index in [1.165, 1.54) is 6.42 Å². The zero-order valence-electron chi connectivity index (χ0n) is 9.92. The van der Waals surface area contributed by atoms with E-state index >= 15 is 0 Å². The number of rotatable bonds is 8. The van der Waals surface area contributed by atoms with Gasteiger partial charge in [-0.15, -0.1) is 0 Å². The third-order valence-corrected chi connectivity index (χ3v) is 2.84. The van der Waals surface area contributed by atoms with Gasteiger partial charge in [0.15, 0.2) is 0 Å². The van der Waals surface area contributed by atoms with Crippen LogP contribution in [-0.2, 0) is 4.74 Å². The summed E-state index contributed by atoms with van der Waals surface area (Å²) in [5, 5.41) is 12.4. The highest BCUT2D eigenvalue weighted by Gasteiger charge is 2.15. The van der Waals surface area contributed by atoms with Gasteiger partial charge in [-0.05, 0) is 19.3 Å². The van der Waals surface area contributed by atoms with Crippen molar-refractivity contribution in [2.45, 2.75) is 45.7 Å². The predicted octanol–water partition coefficient (Wildman–Crippen LogP) is 1.41. The lowest BCUT2D eigenvalue weighted by molar-refractivity contribution is 0.138. The molecule has 0 saturated heterocycles. The second kappa shape index (κ2) is 8.21. The van der Waals surface area contributed by atoms with Crippen molar-refractivity contribution >= 4 is 0 Å². The highest BCUT2D eigenvalue weighted by Crippen LogP contribution is 2.08. The molecule has 3 nitrogen and oxygen atoms in total. The van der Waals surface area contributed by atoms with E-state index in [1.54, 1.807) is 7.11 Å². The number of hydrogen-bond acceptors (Lipinski definition) is 3. The molecule has 3 heteroatoms. The Hall–Kier alpha value is -0.120. The van der Waals surface area contributed by atoms with Crippen LogP contribution in [0.2, 0.25) is 0 Å². The zero-order valence-corrected chi connectivity index (χ0v) is 9.92. The van der Waals surface area contributed by atoms with Crippen LogP contribution in [0, 0.1) is 5.92 Å². The van der Waals surface area contributed by atoms with Gasteiger partial charge >= 0.3 is 0 Å². The number of nitrogens with one attached hydrogen (secondary N) is 1. The number of ether oxygens (including phenoxy) is 1. The zero-order chi connectivity index (χ0) is 11.0. The lowest BCUT2D eigenvalue weighted by Gasteiger charge is -2.26. The van der Waals surface area contributed by atoms with Crippen LogP contribution in [0.25, 0.3) is 0 Å². The first-order chi connectivity index (χ1) is 6.65. The lowest BCUT2D eigenvalue weighted by atomic mass is 10.00. The maximum atomic E-state index is 8.88. The van der Waals surface area contributed by atoms with Crippen LogP contribution < -0.4 is 5.32 Å². The van der Waals surface area contributed by atoms with Crippen LogP contribution in [0.3, 0.4) is 0 Å². The first kappa shape index (κ1) is 13.9. The summed E-state index contributed by atoms with van der Waals surface area (Å²) in [5.74, 6) is 0.660. The molecular weight excluding hydrogens is 178 g/mol. The highest BCUT2D eigenvalue weighted by molar-refractivity contribution is 4.74. The van der Waals surface area contributed by atoms with E-state index in [9.17, 15) is 0 Å². The summed E-state index contributed by atoms with van der Waals surface area (Å²) in [4.78, 5) is 0. The van der Waals surface area contributed by atoms with Crippen molar-refractivity contribution in [3.05, 3.63) is 0 Å². The van der Waals surface area contributed by atoms with E-state index < -0.39 is 0 Å². The summed E-state index contributed by atoms with van der Waals surface area (Å²) in [6.45, 7) is 7.50. The molecule has 14 heavy (non-hydrogen) atoms. The number of methoxy groups -OCH3 is 1. The van der Waals surface area contributed by atoms with Crippen LogP contribution in [0.4, 0.5) is 0 Å². The molecule has 0 spiro atoms. The average Bonchev–Trinajstić information content (AvgIpc) is 2.17. The van der Waals surface area contributed by atoms with Gasteiger partial charge in [-0.2, -0.15) is 0 Å². The van der Waals surface area contributed by atoms with Gasteiger partial charge in [0.05, 0.1) is 6.61 Å². The quantitative estimate of drug-likeness (QED) is 0.626. The molecule has 3 atom stereocenters. The minimum atomic E-state index is 0.217. The maximum absolute atomic E-state index is 8.88. The summed E-state index contributed by atoms with van der Waals surface area (Å²) in [7, 11) is 1.69. The van der Waals surface area contributed by atoms with Crippen molar-refractivity contribution in [2.75, 3.05) is 20.3 Å². The van der Waals surface area contributed by atoms with Crippen molar-refractivity contribution in [3.63, 3.8) is 0 Å². The molecule has 0 aromatic rings.